The first-order valence-corrected chi connectivity index (χ1v) is 5.28. The third kappa shape index (κ3) is 2.53. The topological polar surface area (TPSA) is 65.0 Å². The Morgan fingerprint density at radius 2 is 2.12 bits per heavy atom. The number of hydrogen-bond donors (Lipinski definition) is 1. The van der Waals surface area contributed by atoms with E-state index < -0.39 is 23.3 Å². The average molecular weight is 232 g/mol. The van der Waals surface area contributed by atoms with Gasteiger partial charge in [0.2, 0.25) is 0 Å². The minimum Gasteiger partial charge on any atom is -0.479 e. The predicted octanol–water partition coefficient (Wildman–Crippen LogP) is 1.26. The van der Waals surface area contributed by atoms with E-state index in [-0.39, 0.29) is 6.10 Å². The molecule has 1 N–H and O–H groups in total. The van der Waals surface area contributed by atoms with Crippen molar-refractivity contribution < 1.29 is 24.1 Å². The molecule has 0 aliphatic carbocycles. The summed E-state index contributed by atoms with van der Waals surface area (Å²) in [6.45, 7) is 7.62. The zero-order chi connectivity index (χ0) is 12.6. The van der Waals surface area contributed by atoms with Gasteiger partial charge in [-0.25, -0.2) is 4.79 Å². The van der Waals surface area contributed by atoms with Gasteiger partial charge in [0, 0.05) is 12.5 Å². The molecule has 5 heteroatoms. The van der Waals surface area contributed by atoms with Crippen LogP contribution in [-0.4, -0.2) is 42.8 Å². The lowest BCUT2D eigenvalue weighted by atomic mass is 9.81. The van der Waals surface area contributed by atoms with Crippen molar-refractivity contribution in [3.8, 4) is 0 Å². The summed E-state index contributed by atoms with van der Waals surface area (Å²) in [5.74, 6) is -1.64. The lowest BCUT2D eigenvalue weighted by Gasteiger charge is -2.35. The van der Waals surface area contributed by atoms with Crippen molar-refractivity contribution in [3.05, 3.63) is 0 Å². The number of methoxy groups -OCH3 is 1. The van der Waals surface area contributed by atoms with Gasteiger partial charge < -0.3 is 19.3 Å². The highest BCUT2D eigenvalue weighted by Crippen LogP contribution is 2.37. The Labute approximate surface area is 95.7 Å². The molecular formula is C11H20O5. The fourth-order valence-electron chi connectivity index (χ4n) is 1.95. The van der Waals surface area contributed by atoms with Crippen LogP contribution >= 0.6 is 0 Å². The maximum absolute atomic E-state index is 11.1. The first-order chi connectivity index (χ1) is 7.20. The highest BCUT2D eigenvalue weighted by Gasteiger charge is 2.48. The fraction of sp³-hybridized carbons (Fsp3) is 0.909. The molecule has 0 aromatic heterocycles. The summed E-state index contributed by atoms with van der Waals surface area (Å²) in [5.41, 5.74) is -0.644. The first kappa shape index (κ1) is 13.4. The van der Waals surface area contributed by atoms with Crippen LogP contribution in [0.15, 0.2) is 0 Å². The molecule has 0 aromatic carbocycles. The van der Waals surface area contributed by atoms with Crippen LogP contribution in [0.3, 0.4) is 0 Å². The summed E-state index contributed by atoms with van der Waals surface area (Å²) in [6, 6.07) is 0. The number of carbonyl (C=O) groups is 1. The van der Waals surface area contributed by atoms with Crippen LogP contribution < -0.4 is 0 Å². The van der Waals surface area contributed by atoms with E-state index in [0.29, 0.717) is 6.61 Å². The SMILES string of the molecule is COC(C(=O)O)C(C)(C)C1COC(C)(C)O1. The number of ether oxygens (including phenoxy) is 3. The number of rotatable bonds is 4. The molecule has 16 heavy (non-hydrogen) atoms. The van der Waals surface area contributed by atoms with Gasteiger partial charge in [-0.3, -0.25) is 0 Å². The molecule has 1 heterocycles. The van der Waals surface area contributed by atoms with Crippen molar-refractivity contribution in [1.82, 2.24) is 0 Å². The molecule has 0 aromatic rings. The molecule has 1 rings (SSSR count). The fourth-order valence-corrected chi connectivity index (χ4v) is 1.95. The quantitative estimate of drug-likeness (QED) is 0.790. The molecular weight excluding hydrogens is 212 g/mol. The summed E-state index contributed by atoms with van der Waals surface area (Å²) in [7, 11) is 1.39. The normalized spacial score (nSPS) is 26.7. The molecule has 5 nitrogen and oxygen atoms in total. The summed E-state index contributed by atoms with van der Waals surface area (Å²) in [5, 5.41) is 9.08. The minimum absolute atomic E-state index is 0.288. The van der Waals surface area contributed by atoms with E-state index in [4.69, 9.17) is 19.3 Å². The Morgan fingerprint density at radius 3 is 2.44 bits per heavy atom. The maximum atomic E-state index is 11.1. The maximum Gasteiger partial charge on any atom is 0.333 e. The largest absolute Gasteiger partial charge is 0.479 e. The highest BCUT2D eigenvalue weighted by molar-refractivity contribution is 5.73. The molecule has 0 bridgehead atoms. The second-order valence-corrected chi connectivity index (χ2v) is 5.09. The molecule has 0 spiro atoms. The van der Waals surface area contributed by atoms with E-state index in [1.807, 2.05) is 27.7 Å². The highest BCUT2D eigenvalue weighted by atomic mass is 16.7. The van der Waals surface area contributed by atoms with E-state index in [2.05, 4.69) is 0 Å². The molecule has 1 aliphatic rings. The van der Waals surface area contributed by atoms with E-state index in [0.717, 1.165) is 0 Å². The Hall–Kier alpha value is -0.650. The Balaban J connectivity index is 2.81. The zero-order valence-corrected chi connectivity index (χ0v) is 10.4. The lowest BCUT2D eigenvalue weighted by Crippen LogP contribution is -2.47. The summed E-state index contributed by atoms with van der Waals surface area (Å²) < 4.78 is 16.1. The minimum atomic E-state index is -0.985. The van der Waals surface area contributed by atoms with Crippen LogP contribution in [0.25, 0.3) is 0 Å². The van der Waals surface area contributed by atoms with Crippen LogP contribution in [-0.2, 0) is 19.0 Å². The Bertz CT molecular complexity index is 272. The van der Waals surface area contributed by atoms with E-state index >= 15 is 0 Å². The molecule has 2 unspecified atom stereocenters. The number of hydrogen-bond acceptors (Lipinski definition) is 4. The number of carboxylic acids is 1. The Kier molecular flexibility index (Phi) is 3.62. The van der Waals surface area contributed by atoms with Crippen molar-refractivity contribution in [3.63, 3.8) is 0 Å². The molecule has 0 radical (unpaired) electrons. The van der Waals surface area contributed by atoms with Gasteiger partial charge in [-0.15, -0.1) is 0 Å². The van der Waals surface area contributed by atoms with Gasteiger partial charge >= 0.3 is 5.97 Å². The molecule has 1 aliphatic heterocycles. The number of aliphatic carboxylic acids is 1. The van der Waals surface area contributed by atoms with Gasteiger partial charge in [0.05, 0.1) is 12.7 Å². The van der Waals surface area contributed by atoms with E-state index in [1.165, 1.54) is 7.11 Å². The lowest BCUT2D eigenvalue weighted by molar-refractivity contribution is -0.178. The second kappa shape index (κ2) is 4.31. The standard InChI is InChI=1S/C11H20O5/c1-10(2,8(14-5)9(12)13)7-6-15-11(3,4)16-7/h7-8H,6H2,1-5H3,(H,12,13). The van der Waals surface area contributed by atoms with Crippen LogP contribution in [0.4, 0.5) is 0 Å². The molecule has 0 saturated carbocycles. The average Bonchev–Trinajstić information content (AvgIpc) is 2.46. The van der Waals surface area contributed by atoms with Crippen LogP contribution in [0.2, 0.25) is 0 Å². The number of carboxylic acid groups (broad SMARTS) is 1. The smallest absolute Gasteiger partial charge is 0.333 e. The van der Waals surface area contributed by atoms with Gasteiger partial charge in [0.25, 0.3) is 0 Å². The van der Waals surface area contributed by atoms with Crippen LogP contribution in [0, 0.1) is 5.41 Å². The van der Waals surface area contributed by atoms with E-state index in [1.54, 1.807) is 0 Å². The van der Waals surface area contributed by atoms with Crippen LogP contribution in [0.5, 0.6) is 0 Å². The predicted molar refractivity (Wildman–Crippen MR) is 57.1 cm³/mol. The molecule has 1 saturated heterocycles. The third-order valence-electron chi connectivity index (χ3n) is 2.97. The van der Waals surface area contributed by atoms with Crippen molar-refractivity contribution >= 4 is 5.97 Å². The van der Waals surface area contributed by atoms with E-state index in [9.17, 15) is 4.79 Å². The van der Waals surface area contributed by atoms with Crippen molar-refractivity contribution in [2.24, 2.45) is 5.41 Å². The Morgan fingerprint density at radius 1 is 1.56 bits per heavy atom. The van der Waals surface area contributed by atoms with Crippen molar-refractivity contribution in [2.45, 2.75) is 45.7 Å². The van der Waals surface area contributed by atoms with Gasteiger partial charge in [0.15, 0.2) is 11.9 Å². The van der Waals surface area contributed by atoms with Crippen LogP contribution in [0.1, 0.15) is 27.7 Å². The monoisotopic (exact) mass is 232 g/mol. The summed E-state index contributed by atoms with van der Waals surface area (Å²) in [4.78, 5) is 11.1. The second-order valence-electron chi connectivity index (χ2n) is 5.09. The molecule has 94 valence electrons. The summed E-state index contributed by atoms with van der Waals surface area (Å²) in [6.07, 6.45) is -1.20. The molecule has 2 atom stereocenters. The zero-order valence-electron chi connectivity index (χ0n) is 10.4. The van der Waals surface area contributed by atoms with Crippen molar-refractivity contribution in [1.29, 1.82) is 0 Å². The summed E-state index contributed by atoms with van der Waals surface area (Å²) >= 11 is 0. The third-order valence-corrected chi connectivity index (χ3v) is 2.97. The molecule has 0 amide bonds. The van der Waals surface area contributed by atoms with Gasteiger partial charge in [-0.05, 0) is 13.8 Å². The van der Waals surface area contributed by atoms with Gasteiger partial charge in [-0.1, -0.05) is 13.8 Å². The molecule has 1 fully saturated rings. The van der Waals surface area contributed by atoms with Crippen molar-refractivity contribution in [2.75, 3.05) is 13.7 Å². The van der Waals surface area contributed by atoms with Gasteiger partial charge in [-0.2, -0.15) is 0 Å². The first-order valence-electron chi connectivity index (χ1n) is 5.28. The van der Waals surface area contributed by atoms with Gasteiger partial charge in [0.1, 0.15) is 0 Å².